The summed E-state index contributed by atoms with van der Waals surface area (Å²) < 4.78 is 0. The van der Waals surface area contributed by atoms with Gasteiger partial charge in [0.25, 0.3) is 0 Å². The number of H-pyrrole nitrogens is 2. The van der Waals surface area contributed by atoms with Crippen LogP contribution in [0.25, 0.3) is 10.9 Å². The Morgan fingerprint density at radius 2 is 1.14 bits per heavy atom. The number of aromatic amines is 2. The van der Waals surface area contributed by atoms with Crippen LogP contribution in [0.3, 0.4) is 0 Å². The van der Waals surface area contributed by atoms with E-state index in [9.17, 15) is 47.9 Å². The normalized spacial score (nSPS) is 14.4. The van der Waals surface area contributed by atoms with E-state index in [1.807, 2.05) is 52.0 Å². The fourth-order valence-electron chi connectivity index (χ4n) is 8.37. The zero-order valence-electron chi connectivity index (χ0n) is 44.9. The van der Waals surface area contributed by atoms with Crippen LogP contribution < -0.4 is 59.7 Å². The van der Waals surface area contributed by atoms with Crippen molar-refractivity contribution in [1.29, 1.82) is 0 Å². The van der Waals surface area contributed by atoms with Gasteiger partial charge in [0.1, 0.15) is 42.3 Å². The van der Waals surface area contributed by atoms with Crippen LogP contribution >= 0.6 is 12.6 Å². The molecule has 16 N–H and O–H groups in total. The van der Waals surface area contributed by atoms with Crippen LogP contribution in [-0.2, 0) is 67.2 Å². The van der Waals surface area contributed by atoms with Gasteiger partial charge in [-0.3, -0.25) is 47.9 Å². The predicted octanol–water partition coefficient (Wildman–Crippen LogP) is -0.815. The molecule has 78 heavy (non-hydrogen) atoms. The molecule has 0 spiro atoms. The van der Waals surface area contributed by atoms with Gasteiger partial charge in [-0.1, -0.05) is 90.1 Å². The number of carbonyl (C=O) groups is 10. The lowest BCUT2D eigenvalue weighted by molar-refractivity contribution is -0.135. The molecule has 0 saturated heterocycles. The molecule has 0 radical (unpaired) electrons. The molecule has 2 aromatic heterocycles. The molecule has 2 aromatic carbocycles. The highest BCUT2D eigenvalue weighted by molar-refractivity contribution is 7.80. The van der Waals surface area contributed by atoms with Gasteiger partial charge in [-0.15, -0.1) is 0 Å². The van der Waals surface area contributed by atoms with Gasteiger partial charge in [-0.2, -0.15) is 12.6 Å². The first-order valence-electron chi connectivity index (χ1n) is 25.9. The molecular weight excluding hydrogens is 1020 g/mol. The quantitative estimate of drug-likeness (QED) is 0.0267. The number of nitrogens with one attached hydrogen (secondary N) is 10. The number of hydrogen-bond donors (Lipinski definition) is 14. The van der Waals surface area contributed by atoms with Gasteiger partial charge < -0.3 is 69.7 Å². The number of rotatable bonds is 32. The monoisotopic (exact) mass is 1100 g/mol. The van der Waals surface area contributed by atoms with E-state index in [4.69, 9.17) is 17.2 Å². The second-order valence-electron chi connectivity index (χ2n) is 20.4. The van der Waals surface area contributed by atoms with Crippen LogP contribution in [0.5, 0.6) is 0 Å². The maximum absolute atomic E-state index is 14.3. The molecule has 0 fully saturated rings. The number of nitrogens with zero attached hydrogens (tertiary/aromatic N) is 1. The third kappa shape index (κ3) is 20.3. The number of imidazole rings is 1. The van der Waals surface area contributed by atoms with Gasteiger partial charge in [0.15, 0.2) is 0 Å². The summed E-state index contributed by atoms with van der Waals surface area (Å²) in [6.45, 7) is 10.0. The average molecular weight is 1100 g/mol. The van der Waals surface area contributed by atoms with Gasteiger partial charge in [-0.05, 0) is 60.6 Å². The summed E-state index contributed by atoms with van der Waals surface area (Å²) in [7, 11) is 0. The first-order valence-corrected chi connectivity index (χ1v) is 26.5. The zero-order valence-corrected chi connectivity index (χ0v) is 45.7. The maximum Gasteiger partial charge on any atom is 0.244 e. The number of amides is 10. The predicted molar refractivity (Wildman–Crippen MR) is 294 cm³/mol. The van der Waals surface area contributed by atoms with Crippen molar-refractivity contribution in [3.05, 3.63) is 90.1 Å². The van der Waals surface area contributed by atoms with Crippen molar-refractivity contribution in [2.24, 2.45) is 35.0 Å². The lowest BCUT2D eigenvalue weighted by atomic mass is 9.99. The minimum absolute atomic E-state index is 0.0209. The highest BCUT2D eigenvalue weighted by atomic mass is 32.1. The standard InChI is InChI=1S/C53H76N14O10S/c1-28(2)18-38(46(56)70)63-49(73)39(19-29(3)4)64-51(75)41(22-33-24-57-27-60-33)61-44(69)25-59-53(77)45(30(5)6)67-52(76)42(26-78)66-50(74)40(21-32-23-58-36-15-11-10-14-34(32)36)65-48(72)37(16-17-43(55)68)62-47(71)35(54)20-31-12-8-7-9-13-31/h7-15,23-24,27-30,35,37-42,45,58,78H,16-22,25-26,54H2,1-6H3,(H2,55,68)(H2,56,70)(H,57,60)(H,59,77)(H,61,69)(H,62,71)(H,63,73)(H,64,75)(H,65,72)(H,66,74)(H,67,76)/t35-,37+,38+,39+,40+,41+,42+,45+/m1/s1. The Hall–Kier alpha value is -7.80. The van der Waals surface area contributed by atoms with E-state index in [1.54, 1.807) is 50.4 Å². The van der Waals surface area contributed by atoms with Crippen LogP contribution in [0.1, 0.15) is 84.0 Å². The van der Waals surface area contributed by atoms with Gasteiger partial charge in [-0.25, -0.2) is 4.98 Å². The van der Waals surface area contributed by atoms with Crippen molar-refractivity contribution in [1.82, 2.24) is 57.5 Å². The van der Waals surface area contributed by atoms with Crippen molar-refractivity contribution < 1.29 is 47.9 Å². The molecule has 0 bridgehead atoms. The number of fused-ring (bicyclic) bond motifs is 1. The average Bonchev–Trinajstić information content (AvgIpc) is 4.07. The smallest absolute Gasteiger partial charge is 0.244 e. The Balaban J connectivity index is 1.47. The van der Waals surface area contributed by atoms with E-state index in [0.717, 1.165) is 16.5 Å². The molecule has 0 aliphatic rings. The van der Waals surface area contributed by atoms with Crippen molar-refractivity contribution in [3.8, 4) is 0 Å². The third-order valence-electron chi connectivity index (χ3n) is 12.5. The van der Waals surface area contributed by atoms with E-state index < -0.39 is 120 Å². The molecule has 4 rings (SSSR count). The molecule has 424 valence electrons. The number of hydrogen-bond acceptors (Lipinski definition) is 13. The van der Waals surface area contributed by atoms with Gasteiger partial charge >= 0.3 is 0 Å². The van der Waals surface area contributed by atoms with E-state index in [1.165, 1.54) is 12.5 Å². The first-order chi connectivity index (χ1) is 36.9. The number of carbonyl (C=O) groups excluding carboxylic acids is 10. The van der Waals surface area contributed by atoms with Gasteiger partial charge in [0.2, 0.25) is 59.1 Å². The lowest BCUT2D eigenvalue weighted by Gasteiger charge is -2.27. The van der Waals surface area contributed by atoms with Crippen LogP contribution in [0.15, 0.2) is 73.3 Å². The number of para-hydroxylation sites is 1. The number of thiol groups is 1. The van der Waals surface area contributed by atoms with Crippen LogP contribution in [-0.4, -0.2) is 135 Å². The number of nitrogens with two attached hydrogens (primary N) is 3. The fourth-order valence-corrected chi connectivity index (χ4v) is 8.62. The molecule has 8 atom stereocenters. The fraction of sp³-hybridized carbons (Fsp3) is 0.491. The van der Waals surface area contributed by atoms with E-state index in [0.29, 0.717) is 11.3 Å². The molecule has 4 aromatic rings. The first kappa shape index (κ1) is 62.7. The molecule has 0 saturated carbocycles. The Morgan fingerprint density at radius 3 is 1.74 bits per heavy atom. The van der Waals surface area contributed by atoms with Crippen LogP contribution in [0, 0.1) is 17.8 Å². The SMILES string of the molecule is CC(C)C[C@H](NC(=O)[C@H](CC(C)C)NC(=O)[C@H](Cc1cnc[nH]1)NC(=O)CNC(=O)[C@@H](NC(=O)[C@H](CS)NC(=O)[C@H](Cc1c[nH]c2ccccc12)NC(=O)[C@H](CCC(N)=O)NC(=O)[C@H](N)Cc1ccccc1)C(C)C)C(N)=O. The lowest BCUT2D eigenvalue weighted by Crippen LogP contribution is -2.60. The van der Waals surface area contributed by atoms with Crippen LogP contribution in [0.2, 0.25) is 0 Å². The van der Waals surface area contributed by atoms with Crippen molar-refractivity contribution in [2.75, 3.05) is 12.3 Å². The second-order valence-corrected chi connectivity index (χ2v) is 20.7. The molecule has 0 aliphatic carbocycles. The molecule has 2 heterocycles. The molecule has 0 aliphatic heterocycles. The Kier molecular flexibility index (Phi) is 24.8. The highest BCUT2D eigenvalue weighted by Gasteiger charge is 2.35. The van der Waals surface area contributed by atoms with Crippen molar-refractivity contribution >= 4 is 82.6 Å². The summed E-state index contributed by atoms with van der Waals surface area (Å²) >= 11 is 4.33. The maximum atomic E-state index is 14.3. The zero-order chi connectivity index (χ0) is 57.6. The summed E-state index contributed by atoms with van der Waals surface area (Å²) in [6, 6.07) is 6.34. The molecule has 24 nitrogen and oxygen atoms in total. The topological polar surface area (TPSA) is 389 Å². The molecule has 25 heteroatoms. The Bertz CT molecular complexity index is 2680. The summed E-state index contributed by atoms with van der Waals surface area (Å²) in [6.07, 6.45) is 4.36. The number of benzene rings is 2. The molecular formula is C53H76N14O10S. The summed E-state index contributed by atoms with van der Waals surface area (Å²) in [5.74, 6) is -8.56. The number of aromatic nitrogens is 3. The minimum Gasteiger partial charge on any atom is -0.370 e. The summed E-state index contributed by atoms with van der Waals surface area (Å²) in [5, 5.41) is 21.7. The van der Waals surface area contributed by atoms with E-state index in [2.05, 4.69) is 70.1 Å². The number of primary amides is 2. The minimum atomic E-state index is -1.39. The van der Waals surface area contributed by atoms with E-state index in [-0.39, 0.29) is 62.5 Å². The van der Waals surface area contributed by atoms with Crippen molar-refractivity contribution in [2.45, 2.75) is 135 Å². The van der Waals surface area contributed by atoms with Crippen molar-refractivity contribution in [3.63, 3.8) is 0 Å². The highest BCUT2D eigenvalue weighted by Crippen LogP contribution is 2.20. The third-order valence-corrected chi connectivity index (χ3v) is 12.9. The van der Waals surface area contributed by atoms with E-state index >= 15 is 0 Å². The van der Waals surface area contributed by atoms with Gasteiger partial charge in [0, 0.05) is 54.0 Å². The second kappa shape index (κ2) is 30.8. The van der Waals surface area contributed by atoms with Crippen LogP contribution in [0.4, 0.5) is 0 Å². The summed E-state index contributed by atoms with van der Waals surface area (Å²) in [5.41, 5.74) is 19.8. The molecule has 10 amide bonds. The Labute approximate surface area is 458 Å². The largest absolute Gasteiger partial charge is 0.370 e. The Morgan fingerprint density at radius 1 is 0.590 bits per heavy atom. The summed E-state index contributed by atoms with van der Waals surface area (Å²) in [4.78, 5) is 144. The molecule has 0 unspecified atom stereocenters. The van der Waals surface area contributed by atoms with Gasteiger partial charge in [0.05, 0.1) is 18.9 Å².